The number of aliphatic hydroxyl groups excluding tert-OH is 1. The number of rotatable bonds is 12. The van der Waals surface area contributed by atoms with E-state index >= 15 is 0 Å². The summed E-state index contributed by atoms with van der Waals surface area (Å²) in [5, 5.41) is 11.6. The Hall–Kier alpha value is -3.49. The van der Waals surface area contributed by atoms with Crippen molar-refractivity contribution in [3.63, 3.8) is 0 Å². The van der Waals surface area contributed by atoms with Crippen molar-refractivity contribution in [3.05, 3.63) is 67.8 Å². The Morgan fingerprint density at radius 3 is 2.69 bits per heavy atom. The first-order valence-corrected chi connectivity index (χ1v) is 13.7. The van der Waals surface area contributed by atoms with E-state index in [1.807, 2.05) is 42.5 Å². The number of allylic oxidation sites excluding steroid dienone is 1. The van der Waals surface area contributed by atoms with E-state index in [2.05, 4.69) is 13.2 Å². The smallest absolute Gasteiger partial charge is 0.312 e. The largest absolute Gasteiger partial charge is 0.465 e. The topological polar surface area (TPSA) is 96.4 Å². The molecule has 8 heteroatoms. The van der Waals surface area contributed by atoms with Gasteiger partial charge in [-0.15, -0.1) is 13.2 Å². The number of amides is 2. The number of likely N-dealkylation sites (tertiary alicyclic amines) is 1. The number of carbonyl (C=O) groups excluding carboxylic acids is 3. The lowest BCUT2D eigenvalue weighted by Gasteiger charge is -2.36. The van der Waals surface area contributed by atoms with Crippen LogP contribution in [0.15, 0.2) is 67.8 Å². The van der Waals surface area contributed by atoms with Gasteiger partial charge in [0.25, 0.3) is 5.91 Å². The maximum Gasteiger partial charge on any atom is 0.312 e. The molecule has 0 saturated carbocycles. The van der Waals surface area contributed by atoms with Gasteiger partial charge in [-0.3, -0.25) is 14.4 Å². The molecule has 206 valence electrons. The van der Waals surface area contributed by atoms with Crippen LogP contribution < -0.4 is 4.90 Å². The SMILES string of the molecule is C=CCCCOC(=O)[C@@H]1[C@H]2C(=O)N(CCCO)C(C(=O)N(CC=C)c3ccc4ccccc4c3)C23CC[C@H]1O3. The number of benzene rings is 2. The molecule has 3 heterocycles. The third-order valence-corrected chi connectivity index (χ3v) is 8.28. The Kier molecular flexibility index (Phi) is 7.86. The van der Waals surface area contributed by atoms with E-state index in [-0.39, 0.29) is 38.1 Å². The van der Waals surface area contributed by atoms with E-state index < -0.39 is 35.6 Å². The highest BCUT2D eigenvalue weighted by Crippen LogP contribution is 2.59. The van der Waals surface area contributed by atoms with Crippen molar-refractivity contribution in [2.45, 2.75) is 49.9 Å². The van der Waals surface area contributed by atoms with Gasteiger partial charge in [0.05, 0.1) is 24.5 Å². The Morgan fingerprint density at radius 1 is 1.15 bits per heavy atom. The first-order valence-electron chi connectivity index (χ1n) is 13.7. The maximum absolute atomic E-state index is 14.5. The number of hydrogen-bond donors (Lipinski definition) is 1. The van der Waals surface area contributed by atoms with Crippen LogP contribution >= 0.6 is 0 Å². The highest BCUT2D eigenvalue weighted by atomic mass is 16.6. The summed E-state index contributed by atoms with van der Waals surface area (Å²) in [6.45, 7) is 8.11. The van der Waals surface area contributed by atoms with Crippen molar-refractivity contribution in [3.8, 4) is 0 Å². The summed E-state index contributed by atoms with van der Waals surface area (Å²) in [6.07, 6.45) is 5.74. The molecule has 0 aromatic heterocycles. The van der Waals surface area contributed by atoms with Crippen LogP contribution in [0.25, 0.3) is 10.8 Å². The zero-order chi connectivity index (χ0) is 27.6. The number of unbranched alkanes of at least 4 members (excludes halogenated alkanes) is 1. The predicted octanol–water partition coefficient (Wildman–Crippen LogP) is 3.63. The van der Waals surface area contributed by atoms with E-state index in [0.717, 1.165) is 17.2 Å². The number of nitrogens with zero attached hydrogens (tertiary/aromatic N) is 2. The van der Waals surface area contributed by atoms with Gasteiger partial charge in [0.1, 0.15) is 11.6 Å². The third kappa shape index (κ3) is 4.66. The summed E-state index contributed by atoms with van der Waals surface area (Å²) in [5.41, 5.74) is -0.422. The lowest BCUT2D eigenvalue weighted by atomic mass is 9.70. The number of fused-ring (bicyclic) bond motifs is 2. The van der Waals surface area contributed by atoms with Gasteiger partial charge in [-0.05, 0) is 55.0 Å². The molecule has 8 nitrogen and oxygen atoms in total. The second-order valence-electron chi connectivity index (χ2n) is 10.5. The summed E-state index contributed by atoms with van der Waals surface area (Å²) in [6, 6.07) is 12.8. The van der Waals surface area contributed by atoms with Gasteiger partial charge >= 0.3 is 5.97 Å². The Balaban J connectivity index is 1.49. The average molecular weight is 533 g/mol. The fraction of sp³-hybridized carbons (Fsp3) is 0.452. The molecule has 5 rings (SSSR count). The van der Waals surface area contributed by atoms with Crippen LogP contribution in [-0.4, -0.2) is 71.8 Å². The highest BCUT2D eigenvalue weighted by Gasteiger charge is 2.75. The van der Waals surface area contributed by atoms with Gasteiger partial charge < -0.3 is 24.4 Å². The van der Waals surface area contributed by atoms with Crippen LogP contribution in [0.3, 0.4) is 0 Å². The Labute approximate surface area is 228 Å². The van der Waals surface area contributed by atoms with Crippen LogP contribution in [0.4, 0.5) is 5.69 Å². The molecule has 0 radical (unpaired) electrons. The summed E-state index contributed by atoms with van der Waals surface area (Å²) < 4.78 is 12.0. The fourth-order valence-corrected chi connectivity index (χ4v) is 6.62. The quantitative estimate of drug-likeness (QED) is 0.255. The molecule has 2 aromatic rings. The minimum atomic E-state index is -1.12. The normalized spacial score (nSPS) is 27.0. The Morgan fingerprint density at radius 2 is 1.95 bits per heavy atom. The third-order valence-electron chi connectivity index (χ3n) is 8.28. The molecule has 3 aliphatic heterocycles. The second-order valence-corrected chi connectivity index (χ2v) is 10.5. The maximum atomic E-state index is 14.5. The van der Waals surface area contributed by atoms with Gasteiger partial charge in [0.2, 0.25) is 5.91 Å². The van der Waals surface area contributed by atoms with Crippen LogP contribution in [0, 0.1) is 11.8 Å². The molecular weight excluding hydrogens is 496 g/mol. The highest BCUT2D eigenvalue weighted by molar-refractivity contribution is 6.05. The summed E-state index contributed by atoms with van der Waals surface area (Å²) in [5.74, 6) is -2.55. The van der Waals surface area contributed by atoms with E-state index in [4.69, 9.17) is 9.47 Å². The molecule has 3 saturated heterocycles. The lowest BCUT2D eigenvalue weighted by molar-refractivity contribution is -0.155. The summed E-state index contributed by atoms with van der Waals surface area (Å²) in [7, 11) is 0. The molecule has 2 amide bonds. The van der Waals surface area contributed by atoms with Crippen LogP contribution in [0.1, 0.15) is 32.1 Å². The molecule has 39 heavy (non-hydrogen) atoms. The van der Waals surface area contributed by atoms with E-state index in [1.165, 1.54) is 4.90 Å². The molecule has 2 bridgehead atoms. The van der Waals surface area contributed by atoms with E-state index in [0.29, 0.717) is 31.4 Å². The monoisotopic (exact) mass is 532 g/mol. The summed E-state index contributed by atoms with van der Waals surface area (Å²) >= 11 is 0. The van der Waals surface area contributed by atoms with Gasteiger partial charge in [-0.1, -0.05) is 42.5 Å². The number of hydrogen-bond acceptors (Lipinski definition) is 6. The van der Waals surface area contributed by atoms with Gasteiger partial charge in [0.15, 0.2) is 0 Å². The molecule has 1 spiro atoms. The fourth-order valence-electron chi connectivity index (χ4n) is 6.62. The molecule has 0 aliphatic carbocycles. The molecule has 3 fully saturated rings. The van der Waals surface area contributed by atoms with Crippen LogP contribution in [0.2, 0.25) is 0 Å². The molecule has 2 aromatic carbocycles. The van der Waals surface area contributed by atoms with Gasteiger partial charge in [-0.25, -0.2) is 0 Å². The first-order chi connectivity index (χ1) is 19.0. The molecule has 3 aliphatic rings. The van der Waals surface area contributed by atoms with Crippen LogP contribution in [-0.2, 0) is 23.9 Å². The molecular formula is C31H36N2O6. The molecule has 5 atom stereocenters. The number of ether oxygens (including phenoxy) is 2. The minimum Gasteiger partial charge on any atom is -0.465 e. The minimum absolute atomic E-state index is 0.123. The van der Waals surface area contributed by atoms with Crippen molar-refractivity contribution in [1.82, 2.24) is 4.90 Å². The standard InChI is InChI=1S/C31H36N2O6/c1-3-5-8-19-38-30(37)25-24-14-15-31(39-24)26(25)28(35)33(17-9-18-34)27(31)29(36)32(16-4-2)23-13-12-21-10-6-7-11-22(21)20-23/h3-4,6-7,10-13,20,24-27,34H,1-2,5,8-9,14-19H2/t24-,25+,26+,27?,31?/m1/s1. The van der Waals surface area contributed by atoms with Gasteiger partial charge in [0, 0.05) is 25.4 Å². The number of anilines is 1. The number of aliphatic hydroxyl groups is 1. The van der Waals surface area contributed by atoms with Crippen LogP contribution in [0.5, 0.6) is 0 Å². The Bertz CT molecular complexity index is 1280. The van der Waals surface area contributed by atoms with Crippen molar-refractivity contribution in [2.75, 3.05) is 31.2 Å². The van der Waals surface area contributed by atoms with E-state index in [9.17, 15) is 19.5 Å². The zero-order valence-electron chi connectivity index (χ0n) is 22.2. The first kappa shape index (κ1) is 27.1. The second kappa shape index (κ2) is 11.3. The van der Waals surface area contributed by atoms with Crippen molar-refractivity contribution < 1.29 is 29.0 Å². The van der Waals surface area contributed by atoms with Gasteiger partial charge in [-0.2, -0.15) is 0 Å². The number of carbonyl (C=O) groups is 3. The predicted molar refractivity (Wildman–Crippen MR) is 148 cm³/mol. The van der Waals surface area contributed by atoms with Crippen molar-refractivity contribution in [1.29, 1.82) is 0 Å². The van der Waals surface area contributed by atoms with Crippen molar-refractivity contribution >= 4 is 34.2 Å². The van der Waals surface area contributed by atoms with Crippen molar-refractivity contribution in [2.24, 2.45) is 11.8 Å². The summed E-state index contributed by atoms with van der Waals surface area (Å²) in [4.78, 5) is 44.8. The zero-order valence-corrected chi connectivity index (χ0v) is 22.2. The molecule has 1 N–H and O–H groups in total. The number of esters is 1. The lowest BCUT2D eigenvalue weighted by Crippen LogP contribution is -2.56. The van der Waals surface area contributed by atoms with E-state index in [1.54, 1.807) is 17.1 Å². The average Bonchev–Trinajstić information content (AvgIpc) is 3.59. The molecule has 2 unspecified atom stereocenters.